The van der Waals surface area contributed by atoms with Gasteiger partial charge < -0.3 is 4.90 Å². The van der Waals surface area contributed by atoms with Crippen LogP contribution in [0.1, 0.15) is 0 Å². The molecule has 3 heteroatoms. The van der Waals surface area contributed by atoms with Crippen molar-refractivity contribution in [1.82, 2.24) is 4.90 Å². The van der Waals surface area contributed by atoms with Gasteiger partial charge in [-0.3, -0.25) is 4.99 Å². The number of nitrogens with zero attached hydrogens (tertiary/aromatic N) is 2. The third-order valence-electron chi connectivity index (χ3n) is 0.911. The molecule has 0 N–H and O–H groups in total. The van der Waals surface area contributed by atoms with Crippen LogP contribution in [-0.4, -0.2) is 24.7 Å². The fraction of sp³-hybridized carbons (Fsp3) is 0.400. The Balaban J connectivity index is 2.63. The van der Waals surface area contributed by atoms with Gasteiger partial charge in [-0.1, -0.05) is 0 Å². The molecule has 44 valence electrons. The van der Waals surface area contributed by atoms with E-state index < -0.39 is 0 Å². The highest BCUT2D eigenvalue weighted by Gasteiger charge is 1.95. The summed E-state index contributed by atoms with van der Waals surface area (Å²) < 4.78 is 0.895. The molecule has 0 aromatic rings. The summed E-state index contributed by atoms with van der Waals surface area (Å²) in [5.41, 5.74) is 0. The van der Waals surface area contributed by atoms with Crippen LogP contribution in [0, 0.1) is 0 Å². The Morgan fingerprint density at radius 2 is 2.62 bits per heavy atom. The van der Waals surface area contributed by atoms with Crippen molar-refractivity contribution in [2.45, 2.75) is 0 Å². The molecular formula is C5H7BrN2. The summed E-state index contributed by atoms with van der Waals surface area (Å²) in [5.74, 6) is 0. The maximum Gasteiger partial charge on any atom is 0.121 e. The van der Waals surface area contributed by atoms with Crippen LogP contribution < -0.4 is 0 Å². The Morgan fingerprint density at radius 1 is 1.88 bits per heavy atom. The molecule has 0 amide bonds. The first kappa shape index (κ1) is 5.82. The van der Waals surface area contributed by atoms with Crippen molar-refractivity contribution in [2.24, 2.45) is 4.99 Å². The monoisotopic (exact) mass is 174 g/mol. The summed E-state index contributed by atoms with van der Waals surface area (Å²) in [6.45, 7) is 0.912. The van der Waals surface area contributed by atoms with E-state index in [1.165, 1.54) is 0 Å². The van der Waals surface area contributed by atoms with Crippen LogP contribution in [0.3, 0.4) is 0 Å². The minimum absolute atomic E-state index is 0.895. The van der Waals surface area contributed by atoms with E-state index in [0.29, 0.717) is 0 Å². The first-order chi connectivity index (χ1) is 3.79. The van der Waals surface area contributed by atoms with Crippen molar-refractivity contribution in [3.05, 3.63) is 10.8 Å². The van der Waals surface area contributed by atoms with Crippen LogP contribution >= 0.6 is 15.9 Å². The predicted molar refractivity (Wildman–Crippen MR) is 38.1 cm³/mol. The van der Waals surface area contributed by atoms with Gasteiger partial charge in [-0.2, -0.15) is 0 Å². The van der Waals surface area contributed by atoms with E-state index in [2.05, 4.69) is 25.8 Å². The zero-order valence-corrected chi connectivity index (χ0v) is 6.22. The van der Waals surface area contributed by atoms with Crippen LogP contribution in [0.2, 0.25) is 0 Å². The molecule has 2 nitrogen and oxygen atoms in total. The summed E-state index contributed by atoms with van der Waals surface area (Å²) >= 11 is 3.25. The maximum absolute atomic E-state index is 3.99. The van der Waals surface area contributed by atoms with Crippen molar-refractivity contribution in [2.75, 3.05) is 13.6 Å². The van der Waals surface area contributed by atoms with Crippen LogP contribution in [0.4, 0.5) is 0 Å². The Morgan fingerprint density at radius 3 is 3.00 bits per heavy atom. The van der Waals surface area contributed by atoms with Gasteiger partial charge in [-0.15, -0.1) is 0 Å². The van der Waals surface area contributed by atoms with Crippen LogP contribution in [0.25, 0.3) is 0 Å². The van der Waals surface area contributed by atoms with Crippen LogP contribution in [-0.2, 0) is 0 Å². The molecule has 0 unspecified atom stereocenters. The lowest BCUT2D eigenvalue weighted by Crippen LogP contribution is -2.16. The molecule has 1 aliphatic rings. The number of rotatable bonds is 0. The molecule has 1 aliphatic heterocycles. The molecule has 0 aliphatic carbocycles. The first-order valence-electron chi connectivity index (χ1n) is 2.39. The second-order valence-corrected chi connectivity index (χ2v) is 2.52. The van der Waals surface area contributed by atoms with Gasteiger partial charge in [0.15, 0.2) is 0 Å². The normalized spacial score (nSPS) is 18.8. The van der Waals surface area contributed by atoms with Gasteiger partial charge in [0.1, 0.15) is 4.61 Å². The average Bonchev–Trinajstić information content (AvgIpc) is 1.64. The van der Waals surface area contributed by atoms with Crippen molar-refractivity contribution in [1.29, 1.82) is 0 Å². The van der Waals surface area contributed by atoms with E-state index in [1.807, 2.05) is 19.5 Å². The van der Waals surface area contributed by atoms with Crippen molar-refractivity contribution in [3.63, 3.8) is 0 Å². The molecule has 0 saturated heterocycles. The van der Waals surface area contributed by atoms with E-state index in [9.17, 15) is 0 Å². The molecular weight excluding hydrogens is 168 g/mol. The zero-order valence-electron chi connectivity index (χ0n) is 4.63. The lowest BCUT2D eigenvalue weighted by molar-refractivity contribution is 0.521. The standard InChI is InChI=1S/C5H7BrN2/c1-8-3-2-7-5(6)4-8/h2,4H,3H2,1H3. The van der Waals surface area contributed by atoms with Gasteiger partial charge in [-0.05, 0) is 15.9 Å². The van der Waals surface area contributed by atoms with E-state index >= 15 is 0 Å². The Hall–Kier alpha value is -0.310. The quantitative estimate of drug-likeness (QED) is 0.505. The average molecular weight is 175 g/mol. The van der Waals surface area contributed by atoms with Gasteiger partial charge in [0.2, 0.25) is 0 Å². The first-order valence-corrected chi connectivity index (χ1v) is 3.18. The lowest BCUT2D eigenvalue weighted by Gasteiger charge is -2.13. The van der Waals surface area contributed by atoms with E-state index in [-0.39, 0.29) is 0 Å². The maximum atomic E-state index is 3.99. The van der Waals surface area contributed by atoms with Gasteiger partial charge in [-0.25, -0.2) is 0 Å². The third-order valence-corrected chi connectivity index (χ3v) is 1.32. The zero-order chi connectivity index (χ0) is 5.98. The van der Waals surface area contributed by atoms with Gasteiger partial charge >= 0.3 is 0 Å². The highest BCUT2D eigenvalue weighted by molar-refractivity contribution is 9.11. The Kier molecular flexibility index (Phi) is 1.68. The summed E-state index contributed by atoms with van der Waals surface area (Å²) in [6.07, 6.45) is 3.81. The van der Waals surface area contributed by atoms with Crippen molar-refractivity contribution in [3.8, 4) is 0 Å². The van der Waals surface area contributed by atoms with Crippen molar-refractivity contribution < 1.29 is 0 Å². The summed E-state index contributed by atoms with van der Waals surface area (Å²) in [7, 11) is 2.01. The highest BCUT2D eigenvalue weighted by atomic mass is 79.9. The number of aliphatic imine (C=N–C) groups is 1. The molecule has 0 fully saturated rings. The fourth-order valence-corrected chi connectivity index (χ4v) is 1.02. The van der Waals surface area contributed by atoms with Gasteiger partial charge in [0, 0.05) is 19.5 Å². The second-order valence-electron chi connectivity index (χ2n) is 1.70. The van der Waals surface area contributed by atoms with Crippen LogP contribution in [0.15, 0.2) is 15.8 Å². The molecule has 0 radical (unpaired) electrons. The summed E-state index contributed by atoms with van der Waals surface area (Å²) in [5, 5.41) is 0. The Bertz CT molecular complexity index is 139. The smallest absolute Gasteiger partial charge is 0.121 e. The molecule has 0 aromatic carbocycles. The molecule has 0 aromatic heterocycles. The number of hydrogen-bond donors (Lipinski definition) is 0. The minimum Gasteiger partial charge on any atom is -0.373 e. The van der Waals surface area contributed by atoms with E-state index in [0.717, 1.165) is 11.2 Å². The largest absolute Gasteiger partial charge is 0.373 e. The van der Waals surface area contributed by atoms with E-state index in [4.69, 9.17) is 0 Å². The molecule has 0 bridgehead atoms. The molecule has 8 heavy (non-hydrogen) atoms. The predicted octanol–water partition coefficient (Wildman–Crippen LogP) is 1.20. The highest BCUT2D eigenvalue weighted by Crippen LogP contribution is 2.08. The summed E-state index contributed by atoms with van der Waals surface area (Å²) in [4.78, 5) is 6.04. The Labute approximate surface area is 57.0 Å². The molecule has 0 atom stereocenters. The number of hydrogen-bond acceptors (Lipinski definition) is 2. The third kappa shape index (κ3) is 1.33. The van der Waals surface area contributed by atoms with Gasteiger partial charge in [0.05, 0.1) is 6.54 Å². The minimum atomic E-state index is 0.895. The topological polar surface area (TPSA) is 15.6 Å². The van der Waals surface area contributed by atoms with Crippen molar-refractivity contribution >= 4 is 22.1 Å². The number of halogens is 1. The molecule has 0 saturated carbocycles. The summed E-state index contributed by atoms with van der Waals surface area (Å²) in [6, 6.07) is 0. The molecule has 1 rings (SSSR count). The molecule has 0 spiro atoms. The SMILES string of the molecule is CN1C=C(Br)N=CC1. The lowest BCUT2D eigenvalue weighted by atomic mass is 10.6. The van der Waals surface area contributed by atoms with Gasteiger partial charge in [0.25, 0.3) is 0 Å². The molecule has 1 heterocycles. The second kappa shape index (κ2) is 2.31. The fourth-order valence-electron chi connectivity index (χ4n) is 0.525. The van der Waals surface area contributed by atoms with Crippen LogP contribution in [0.5, 0.6) is 0 Å². The van der Waals surface area contributed by atoms with E-state index in [1.54, 1.807) is 0 Å².